The fourth-order valence-corrected chi connectivity index (χ4v) is 3.15. The molecule has 1 aromatic rings. The van der Waals surface area contributed by atoms with Crippen LogP contribution in [-0.4, -0.2) is 50.8 Å². The van der Waals surface area contributed by atoms with Crippen LogP contribution < -0.4 is 5.32 Å². The molecule has 2 aliphatic heterocycles. The maximum absolute atomic E-state index is 13.1. The fraction of sp³-hybridized carbons (Fsp3) is 0.600. The van der Waals surface area contributed by atoms with Crippen LogP contribution in [0.3, 0.4) is 0 Å². The molecule has 0 spiro atoms. The number of likely N-dealkylation sites (N-methyl/N-ethyl adjacent to an activating group) is 1. The van der Waals surface area contributed by atoms with Gasteiger partial charge in [0.15, 0.2) is 0 Å². The van der Waals surface area contributed by atoms with Crippen molar-refractivity contribution in [1.82, 2.24) is 10.2 Å². The number of halogens is 1. The lowest BCUT2D eigenvalue weighted by Crippen LogP contribution is -2.56. The third kappa shape index (κ3) is 2.66. The van der Waals surface area contributed by atoms with Gasteiger partial charge in [0.2, 0.25) is 0 Å². The lowest BCUT2D eigenvalue weighted by Gasteiger charge is -2.45. The van der Waals surface area contributed by atoms with Crippen molar-refractivity contribution < 1.29 is 9.13 Å². The summed E-state index contributed by atoms with van der Waals surface area (Å²) in [6, 6.07) is 7.41. The van der Waals surface area contributed by atoms with E-state index in [1.165, 1.54) is 5.56 Å². The average Bonchev–Trinajstić information content (AvgIpc) is 2.35. The first-order valence-electron chi connectivity index (χ1n) is 6.94. The monoisotopic (exact) mass is 264 g/mol. The van der Waals surface area contributed by atoms with E-state index in [9.17, 15) is 4.39 Å². The summed E-state index contributed by atoms with van der Waals surface area (Å²) in [5.74, 6) is -0.172. The zero-order chi connectivity index (χ0) is 13.3. The Hall–Kier alpha value is -0.970. The van der Waals surface area contributed by atoms with Crippen LogP contribution >= 0.6 is 0 Å². The summed E-state index contributed by atoms with van der Waals surface area (Å²) < 4.78 is 18.5. The van der Waals surface area contributed by atoms with Crippen molar-refractivity contribution in [2.75, 3.05) is 39.9 Å². The number of nitrogens with zero attached hydrogens (tertiary/aromatic N) is 1. The highest BCUT2D eigenvalue weighted by Gasteiger charge is 2.42. The minimum atomic E-state index is -0.172. The Balaban J connectivity index is 1.74. The molecule has 0 aliphatic carbocycles. The van der Waals surface area contributed by atoms with Gasteiger partial charge >= 0.3 is 0 Å². The second-order valence-corrected chi connectivity index (χ2v) is 5.90. The molecule has 1 aromatic carbocycles. The highest BCUT2D eigenvalue weighted by molar-refractivity contribution is 5.29. The van der Waals surface area contributed by atoms with Crippen molar-refractivity contribution in [2.24, 2.45) is 0 Å². The summed E-state index contributed by atoms with van der Waals surface area (Å²) >= 11 is 0. The van der Waals surface area contributed by atoms with Gasteiger partial charge in [0, 0.05) is 31.1 Å². The van der Waals surface area contributed by atoms with Gasteiger partial charge in [0.05, 0.1) is 13.2 Å². The first-order chi connectivity index (χ1) is 9.18. The highest BCUT2D eigenvalue weighted by atomic mass is 19.1. The van der Waals surface area contributed by atoms with Crippen molar-refractivity contribution in [3.05, 3.63) is 35.6 Å². The van der Waals surface area contributed by atoms with Gasteiger partial charge < -0.3 is 15.0 Å². The minimum Gasteiger partial charge on any atom is -0.379 e. The molecule has 4 heteroatoms. The third-order valence-corrected chi connectivity index (χ3v) is 4.31. The molecule has 3 nitrogen and oxygen atoms in total. The predicted molar refractivity (Wildman–Crippen MR) is 72.8 cm³/mol. The van der Waals surface area contributed by atoms with E-state index in [4.69, 9.17) is 4.74 Å². The predicted octanol–water partition coefficient (Wildman–Crippen LogP) is 1.39. The van der Waals surface area contributed by atoms with Crippen molar-refractivity contribution in [2.45, 2.75) is 17.9 Å². The number of hydrogen-bond acceptors (Lipinski definition) is 3. The van der Waals surface area contributed by atoms with Crippen molar-refractivity contribution in [3.63, 3.8) is 0 Å². The van der Waals surface area contributed by atoms with E-state index >= 15 is 0 Å². The van der Waals surface area contributed by atoms with E-state index in [1.807, 2.05) is 12.1 Å². The van der Waals surface area contributed by atoms with Gasteiger partial charge in [0.1, 0.15) is 5.82 Å². The summed E-state index contributed by atoms with van der Waals surface area (Å²) in [6.45, 7) is 4.72. The topological polar surface area (TPSA) is 24.5 Å². The molecule has 2 heterocycles. The first kappa shape index (κ1) is 13.0. The van der Waals surface area contributed by atoms with Crippen LogP contribution in [0.1, 0.15) is 12.0 Å². The summed E-state index contributed by atoms with van der Waals surface area (Å²) in [5.41, 5.74) is 1.28. The van der Waals surface area contributed by atoms with Crippen LogP contribution in [-0.2, 0) is 10.2 Å². The van der Waals surface area contributed by atoms with E-state index in [2.05, 4.69) is 17.3 Å². The zero-order valence-corrected chi connectivity index (χ0v) is 11.4. The Morgan fingerprint density at radius 3 is 2.68 bits per heavy atom. The molecule has 104 valence electrons. The molecule has 1 unspecified atom stereocenters. The molecule has 2 saturated heterocycles. The Morgan fingerprint density at radius 1 is 1.37 bits per heavy atom. The van der Waals surface area contributed by atoms with E-state index in [0.717, 1.165) is 39.3 Å². The van der Waals surface area contributed by atoms with Crippen molar-refractivity contribution in [3.8, 4) is 0 Å². The zero-order valence-electron chi connectivity index (χ0n) is 11.4. The molecule has 0 bridgehead atoms. The summed E-state index contributed by atoms with van der Waals surface area (Å²) in [7, 11) is 2.16. The fourth-order valence-electron chi connectivity index (χ4n) is 3.15. The molecule has 19 heavy (non-hydrogen) atoms. The number of hydrogen-bond donors (Lipinski definition) is 1. The largest absolute Gasteiger partial charge is 0.379 e. The maximum Gasteiger partial charge on any atom is 0.123 e. The van der Waals surface area contributed by atoms with E-state index in [0.29, 0.717) is 6.04 Å². The molecule has 0 amide bonds. The Morgan fingerprint density at radius 2 is 2.11 bits per heavy atom. The molecule has 0 radical (unpaired) electrons. The maximum atomic E-state index is 13.1. The third-order valence-electron chi connectivity index (χ3n) is 4.31. The first-order valence-corrected chi connectivity index (χ1v) is 6.94. The molecule has 2 fully saturated rings. The second-order valence-electron chi connectivity index (χ2n) is 5.90. The number of nitrogens with one attached hydrogen (secondary N) is 1. The smallest absolute Gasteiger partial charge is 0.123 e. The van der Waals surface area contributed by atoms with Gasteiger partial charge in [-0.1, -0.05) is 12.1 Å². The molecular formula is C15H21FN2O. The number of piperazine rings is 1. The normalized spacial score (nSPS) is 26.9. The molecule has 3 rings (SSSR count). The standard InChI is InChI=1S/C15H21FN2O/c1-18-7-6-17-14(9-18)8-15(10-19-11-15)12-2-4-13(16)5-3-12/h2-5,14,17H,6-11H2,1H3. The lowest BCUT2D eigenvalue weighted by molar-refractivity contribution is -0.0707. The van der Waals surface area contributed by atoms with Crippen molar-refractivity contribution in [1.29, 1.82) is 0 Å². The number of ether oxygens (including phenoxy) is 1. The quantitative estimate of drug-likeness (QED) is 0.893. The number of rotatable bonds is 3. The van der Waals surface area contributed by atoms with Crippen LogP contribution in [0.25, 0.3) is 0 Å². The molecule has 1 N–H and O–H groups in total. The summed E-state index contributed by atoms with van der Waals surface area (Å²) in [6.07, 6.45) is 1.06. The SMILES string of the molecule is CN1CCNC(CC2(c3ccc(F)cc3)COC2)C1. The molecule has 0 aromatic heterocycles. The molecule has 1 atom stereocenters. The van der Waals surface area contributed by atoms with E-state index < -0.39 is 0 Å². The van der Waals surface area contributed by atoms with Crippen LogP contribution in [0.15, 0.2) is 24.3 Å². The van der Waals surface area contributed by atoms with Gasteiger partial charge in [-0.2, -0.15) is 0 Å². The van der Waals surface area contributed by atoms with Gasteiger partial charge in [-0.05, 0) is 31.2 Å². The van der Waals surface area contributed by atoms with Gasteiger partial charge in [-0.15, -0.1) is 0 Å². The highest BCUT2D eigenvalue weighted by Crippen LogP contribution is 2.37. The molecule has 0 saturated carbocycles. The van der Waals surface area contributed by atoms with Crippen LogP contribution in [0, 0.1) is 5.82 Å². The van der Waals surface area contributed by atoms with Gasteiger partial charge in [-0.25, -0.2) is 4.39 Å². The number of benzene rings is 1. The Labute approximate surface area is 113 Å². The van der Waals surface area contributed by atoms with Crippen LogP contribution in [0.2, 0.25) is 0 Å². The van der Waals surface area contributed by atoms with Crippen molar-refractivity contribution >= 4 is 0 Å². The van der Waals surface area contributed by atoms with Crippen LogP contribution in [0.4, 0.5) is 4.39 Å². The second kappa shape index (κ2) is 5.19. The van der Waals surface area contributed by atoms with Gasteiger partial charge in [-0.3, -0.25) is 0 Å². The Kier molecular flexibility index (Phi) is 3.56. The molecule has 2 aliphatic rings. The minimum absolute atomic E-state index is 0.0730. The Bertz CT molecular complexity index is 430. The summed E-state index contributed by atoms with van der Waals surface area (Å²) in [5, 5.41) is 3.58. The lowest BCUT2D eigenvalue weighted by atomic mass is 9.73. The van der Waals surface area contributed by atoms with E-state index in [1.54, 1.807) is 12.1 Å². The average molecular weight is 264 g/mol. The van der Waals surface area contributed by atoms with Gasteiger partial charge in [0.25, 0.3) is 0 Å². The summed E-state index contributed by atoms with van der Waals surface area (Å²) in [4.78, 5) is 2.36. The van der Waals surface area contributed by atoms with Crippen LogP contribution in [0.5, 0.6) is 0 Å². The molecular weight excluding hydrogens is 243 g/mol. The van der Waals surface area contributed by atoms with E-state index in [-0.39, 0.29) is 11.2 Å².